The van der Waals surface area contributed by atoms with E-state index in [-0.39, 0.29) is 5.91 Å². The van der Waals surface area contributed by atoms with Gasteiger partial charge in [-0.25, -0.2) is 9.97 Å². The third-order valence-electron chi connectivity index (χ3n) is 4.16. The molecule has 0 saturated heterocycles. The fourth-order valence-electron chi connectivity index (χ4n) is 2.66. The summed E-state index contributed by atoms with van der Waals surface area (Å²) < 4.78 is 5.13. The van der Waals surface area contributed by atoms with Crippen molar-refractivity contribution in [3.63, 3.8) is 0 Å². The second-order valence-electron chi connectivity index (χ2n) is 6.26. The predicted molar refractivity (Wildman–Crippen MR) is 105 cm³/mol. The van der Waals surface area contributed by atoms with Crippen LogP contribution in [0.15, 0.2) is 54.9 Å². The number of hydrogen-bond acceptors (Lipinski definition) is 5. The first-order chi connectivity index (χ1) is 13.0. The lowest BCUT2D eigenvalue weighted by Crippen LogP contribution is -2.24. The van der Waals surface area contributed by atoms with Gasteiger partial charge in [0.05, 0.1) is 7.11 Å². The highest BCUT2D eigenvalue weighted by molar-refractivity contribution is 5.92. The van der Waals surface area contributed by atoms with E-state index >= 15 is 0 Å². The number of aromatic nitrogens is 2. The van der Waals surface area contributed by atoms with Gasteiger partial charge in [0.15, 0.2) is 0 Å². The number of amides is 1. The van der Waals surface area contributed by atoms with Crippen molar-refractivity contribution in [2.75, 3.05) is 12.4 Å². The molecule has 27 heavy (non-hydrogen) atoms. The topological polar surface area (TPSA) is 76.1 Å². The Hall–Kier alpha value is -3.41. The molecule has 1 aromatic heterocycles. The van der Waals surface area contributed by atoms with Gasteiger partial charge in [-0.2, -0.15) is 0 Å². The molecule has 0 saturated carbocycles. The van der Waals surface area contributed by atoms with Crippen LogP contribution in [0, 0.1) is 13.8 Å². The van der Waals surface area contributed by atoms with E-state index in [1.807, 2.05) is 50.2 Å². The molecule has 0 bridgehead atoms. The van der Waals surface area contributed by atoms with Crippen LogP contribution in [0.4, 0.5) is 11.5 Å². The van der Waals surface area contributed by atoms with E-state index in [4.69, 9.17) is 4.74 Å². The van der Waals surface area contributed by atoms with Gasteiger partial charge in [0, 0.05) is 18.3 Å². The number of rotatable bonds is 6. The number of anilines is 2. The lowest BCUT2D eigenvalue weighted by atomic mass is 10.1. The van der Waals surface area contributed by atoms with Crippen molar-refractivity contribution in [2.24, 2.45) is 0 Å². The normalized spacial score (nSPS) is 10.3. The van der Waals surface area contributed by atoms with Gasteiger partial charge in [-0.05, 0) is 43.2 Å². The quantitative estimate of drug-likeness (QED) is 0.698. The zero-order chi connectivity index (χ0) is 19.2. The van der Waals surface area contributed by atoms with E-state index in [2.05, 4.69) is 26.7 Å². The van der Waals surface area contributed by atoms with Crippen molar-refractivity contribution >= 4 is 17.4 Å². The molecule has 0 radical (unpaired) electrons. The monoisotopic (exact) mass is 362 g/mol. The van der Waals surface area contributed by atoms with E-state index in [9.17, 15) is 4.79 Å². The van der Waals surface area contributed by atoms with Gasteiger partial charge >= 0.3 is 0 Å². The van der Waals surface area contributed by atoms with Gasteiger partial charge in [-0.3, -0.25) is 4.79 Å². The Balaban J connectivity index is 1.65. The Morgan fingerprint density at radius 2 is 1.81 bits per heavy atom. The summed E-state index contributed by atoms with van der Waals surface area (Å²) in [6.07, 6.45) is 1.38. The van der Waals surface area contributed by atoms with Crippen LogP contribution in [0.1, 0.15) is 27.2 Å². The second-order valence-corrected chi connectivity index (χ2v) is 6.26. The van der Waals surface area contributed by atoms with Gasteiger partial charge in [-0.1, -0.05) is 29.8 Å². The molecule has 6 heteroatoms. The number of nitrogens with zero attached hydrogens (tertiary/aromatic N) is 2. The summed E-state index contributed by atoms with van der Waals surface area (Å²) in [5.41, 5.74) is 4.54. The number of hydrogen-bond donors (Lipinski definition) is 2. The van der Waals surface area contributed by atoms with Crippen LogP contribution >= 0.6 is 0 Å². The molecule has 0 atom stereocenters. The Labute approximate surface area is 158 Å². The Morgan fingerprint density at radius 1 is 1.04 bits per heavy atom. The molecule has 1 amide bonds. The molecule has 3 rings (SSSR count). The number of methoxy groups -OCH3 is 1. The number of nitrogens with one attached hydrogen (secondary N) is 2. The molecule has 0 aliphatic carbocycles. The molecule has 0 fully saturated rings. The van der Waals surface area contributed by atoms with Crippen molar-refractivity contribution in [2.45, 2.75) is 20.4 Å². The molecule has 0 unspecified atom stereocenters. The van der Waals surface area contributed by atoms with Crippen LogP contribution in [0.3, 0.4) is 0 Å². The fraction of sp³-hybridized carbons (Fsp3) is 0.190. The minimum Gasteiger partial charge on any atom is -0.497 e. The van der Waals surface area contributed by atoms with Crippen LogP contribution in [-0.2, 0) is 6.54 Å². The summed E-state index contributed by atoms with van der Waals surface area (Å²) in [6.45, 7) is 4.48. The third-order valence-corrected chi connectivity index (χ3v) is 4.16. The molecular weight excluding hydrogens is 340 g/mol. The SMILES string of the molecule is COc1ccc(CNC(=O)c2cc(Nc3ccc(C)cc3C)ncn2)cc1. The average Bonchev–Trinajstić information content (AvgIpc) is 2.69. The molecule has 1 heterocycles. The largest absolute Gasteiger partial charge is 0.497 e. The first-order valence-electron chi connectivity index (χ1n) is 8.62. The van der Waals surface area contributed by atoms with Crippen molar-refractivity contribution in [3.8, 4) is 5.75 Å². The molecule has 0 aliphatic rings. The fourth-order valence-corrected chi connectivity index (χ4v) is 2.66. The summed E-state index contributed by atoms with van der Waals surface area (Å²) in [4.78, 5) is 20.7. The smallest absolute Gasteiger partial charge is 0.270 e. The maximum absolute atomic E-state index is 12.4. The first kappa shape index (κ1) is 18.4. The summed E-state index contributed by atoms with van der Waals surface area (Å²) in [5.74, 6) is 1.10. The molecule has 0 spiro atoms. The van der Waals surface area contributed by atoms with Crippen molar-refractivity contribution < 1.29 is 9.53 Å². The summed E-state index contributed by atoms with van der Waals surface area (Å²) >= 11 is 0. The van der Waals surface area contributed by atoms with Gasteiger partial charge in [0.25, 0.3) is 5.91 Å². The molecular formula is C21H22N4O2. The van der Waals surface area contributed by atoms with Crippen LogP contribution in [-0.4, -0.2) is 23.0 Å². The Morgan fingerprint density at radius 3 is 2.52 bits per heavy atom. The summed E-state index contributed by atoms with van der Waals surface area (Å²) in [7, 11) is 1.62. The lowest BCUT2D eigenvalue weighted by Gasteiger charge is -2.10. The van der Waals surface area contributed by atoms with Gasteiger partial charge in [-0.15, -0.1) is 0 Å². The Kier molecular flexibility index (Phi) is 5.66. The van der Waals surface area contributed by atoms with Crippen molar-refractivity contribution in [3.05, 3.63) is 77.2 Å². The molecule has 2 aromatic carbocycles. The van der Waals surface area contributed by atoms with E-state index in [1.54, 1.807) is 13.2 Å². The van der Waals surface area contributed by atoms with Crippen LogP contribution < -0.4 is 15.4 Å². The van der Waals surface area contributed by atoms with Gasteiger partial charge in [0.2, 0.25) is 0 Å². The highest BCUT2D eigenvalue weighted by atomic mass is 16.5. The van der Waals surface area contributed by atoms with Crippen LogP contribution in [0.25, 0.3) is 0 Å². The standard InChI is InChI=1S/C21H22N4O2/c1-14-4-9-18(15(2)10-14)25-20-11-19(23-13-24-20)21(26)22-12-16-5-7-17(27-3)8-6-16/h4-11,13H,12H2,1-3H3,(H,22,26)(H,23,24,25). The molecule has 138 valence electrons. The van der Waals surface area contributed by atoms with Crippen LogP contribution in [0.5, 0.6) is 5.75 Å². The minimum atomic E-state index is -0.253. The molecule has 2 N–H and O–H groups in total. The third kappa shape index (κ3) is 4.82. The van der Waals surface area contributed by atoms with Gasteiger partial charge < -0.3 is 15.4 Å². The zero-order valence-electron chi connectivity index (χ0n) is 15.6. The highest BCUT2D eigenvalue weighted by Gasteiger charge is 2.09. The van der Waals surface area contributed by atoms with Crippen molar-refractivity contribution in [1.82, 2.24) is 15.3 Å². The molecule has 3 aromatic rings. The van der Waals surface area contributed by atoms with E-state index < -0.39 is 0 Å². The highest BCUT2D eigenvalue weighted by Crippen LogP contribution is 2.20. The maximum atomic E-state index is 12.4. The van der Waals surface area contributed by atoms with E-state index in [0.717, 1.165) is 22.6 Å². The predicted octanol–water partition coefficient (Wildman–Crippen LogP) is 3.78. The van der Waals surface area contributed by atoms with Gasteiger partial charge in [0.1, 0.15) is 23.6 Å². The number of aryl methyl sites for hydroxylation is 2. The second kappa shape index (κ2) is 8.31. The summed E-state index contributed by atoms with van der Waals surface area (Å²) in [5, 5.41) is 6.10. The van der Waals surface area contributed by atoms with Crippen LogP contribution in [0.2, 0.25) is 0 Å². The maximum Gasteiger partial charge on any atom is 0.270 e. The number of carbonyl (C=O) groups excluding carboxylic acids is 1. The molecule has 6 nitrogen and oxygen atoms in total. The number of benzene rings is 2. The number of carbonyl (C=O) groups is 1. The lowest BCUT2D eigenvalue weighted by molar-refractivity contribution is 0.0946. The zero-order valence-corrected chi connectivity index (χ0v) is 15.6. The van der Waals surface area contributed by atoms with E-state index in [1.165, 1.54) is 11.9 Å². The first-order valence-corrected chi connectivity index (χ1v) is 8.62. The van der Waals surface area contributed by atoms with Crippen molar-refractivity contribution in [1.29, 1.82) is 0 Å². The van der Waals surface area contributed by atoms with E-state index in [0.29, 0.717) is 18.1 Å². The average molecular weight is 362 g/mol. The minimum absolute atomic E-state index is 0.253. The number of ether oxygens (including phenoxy) is 1. The molecule has 0 aliphatic heterocycles. The Bertz CT molecular complexity index is 939. The summed E-state index contributed by atoms with van der Waals surface area (Å²) in [6, 6.07) is 15.3.